The van der Waals surface area contributed by atoms with E-state index in [9.17, 15) is 4.79 Å². The summed E-state index contributed by atoms with van der Waals surface area (Å²) < 4.78 is 0. The highest BCUT2D eigenvalue weighted by atomic mass is 79.9. The Morgan fingerprint density at radius 1 is 1.44 bits per heavy atom. The standard InChI is InChI=1S/C9H10BrClN4O/c1-14-9(16)15(13-12-14)8-4-2-3-7(11)6(8)5-10/h2-4,12-13H,5H2,1H3. The van der Waals surface area contributed by atoms with E-state index in [-0.39, 0.29) is 6.03 Å². The predicted octanol–water partition coefficient (Wildman–Crippen LogP) is 2.03. The second-order valence-corrected chi connectivity index (χ2v) is 4.24. The quantitative estimate of drug-likeness (QED) is 0.822. The molecule has 1 fully saturated rings. The third-order valence-electron chi connectivity index (χ3n) is 2.28. The number of nitrogens with one attached hydrogen (secondary N) is 2. The summed E-state index contributed by atoms with van der Waals surface area (Å²) in [6.45, 7) is 0. The van der Waals surface area contributed by atoms with Gasteiger partial charge in [-0.1, -0.05) is 33.6 Å². The first kappa shape index (κ1) is 11.7. The zero-order valence-electron chi connectivity index (χ0n) is 8.50. The van der Waals surface area contributed by atoms with Gasteiger partial charge in [0.1, 0.15) is 0 Å². The SMILES string of the molecule is CN1NNN(c2cccc(Cl)c2CBr)C1=O. The second kappa shape index (κ2) is 4.58. The number of carbonyl (C=O) groups is 1. The van der Waals surface area contributed by atoms with Gasteiger partial charge in [-0.3, -0.25) is 0 Å². The van der Waals surface area contributed by atoms with Crippen LogP contribution in [0.2, 0.25) is 5.02 Å². The number of amides is 2. The molecule has 2 rings (SSSR count). The van der Waals surface area contributed by atoms with Crippen LogP contribution in [0.4, 0.5) is 10.5 Å². The Hall–Kier alpha value is -0.820. The van der Waals surface area contributed by atoms with Crippen LogP contribution >= 0.6 is 27.5 Å². The number of rotatable bonds is 2. The van der Waals surface area contributed by atoms with E-state index in [1.54, 1.807) is 19.2 Å². The summed E-state index contributed by atoms with van der Waals surface area (Å²) in [6.07, 6.45) is 0. The number of hydrogen-bond acceptors (Lipinski definition) is 3. The van der Waals surface area contributed by atoms with Gasteiger partial charge in [0.15, 0.2) is 0 Å². The number of nitrogens with zero attached hydrogens (tertiary/aromatic N) is 2. The van der Waals surface area contributed by atoms with Crippen molar-refractivity contribution < 1.29 is 4.79 Å². The molecule has 2 N–H and O–H groups in total. The molecule has 1 aromatic carbocycles. The van der Waals surface area contributed by atoms with Crippen molar-refractivity contribution in [2.24, 2.45) is 0 Å². The maximum absolute atomic E-state index is 11.8. The number of halogens is 2. The van der Waals surface area contributed by atoms with Crippen molar-refractivity contribution in [3.63, 3.8) is 0 Å². The smallest absolute Gasteiger partial charge is 0.246 e. The molecule has 0 bridgehead atoms. The molecule has 1 aliphatic rings. The number of urea groups is 1. The summed E-state index contributed by atoms with van der Waals surface area (Å²) >= 11 is 9.42. The van der Waals surface area contributed by atoms with E-state index >= 15 is 0 Å². The lowest BCUT2D eigenvalue weighted by atomic mass is 10.2. The lowest BCUT2D eigenvalue weighted by Gasteiger charge is -2.17. The molecular formula is C9H10BrClN4O. The molecule has 0 unspecified atom stereocenters. The average molecular weight is 306 g/mol. The Kier molecular flexibility index (Phi) is 3.34. The highest BCUT2D eigenvalue weighted by Crippen LogP contribution is 2.29. The summed E-state index contributed by atoms with van der Waals surface area (Å²) in [4.78, 5) is 11.8. The minimum Gasteiger partial charge on any atom is -0.246 e. The summed E-state index contributed by atoms with van der Waals surface area (Å²) in [6, 6.07) is 5.23. The number of hydrazine groups is 3. The first-order valence-electron chi connectivity index (χ1n) is 4.57. The van der Waals surface area contributed by atoms with E-state index < -0.39 is 0 Å². The van der Waals surface area contributed by atoms with Crippen LogP contribution in [0.3, 0.4) is 0 Å². The zero-order chi connectivity index (χ0) is 11.7. The van der Waals surface area contributed by atoms with Crippen molar-refractivity contribution in [1.29, 1.82) is 0 Å². The van der Waals surface area contributed by atoms with Crippen LogP contribution in [-0.2, 0) is 5.33 Å². The van der Waals surface area contributed by atoms with Gasteiger partial charge in [0.05, 0.1) is 5.69 Å². The summed E-state index contributed by atoms with van der Waals surface area (Å²) in [7, 11) is 1.63. The van der Waals surface area contributed by atoms with E-state index in [1.807, 2.05) is 6.07 Å². The van der Waals surface area contributed by atoms with Gasteiger partial charge in [0.2, 0.25) is 0 Å². The third kappa shape index (κ3) is 1.89. The Labute approximate surface area is 106 Å². The van der Waals surface area contributed by atoms with Gasteiger partial charge >= 0.3 is 6.03 Å². The fourth-order valence-electron chi connectivity index (χ4n) is 1.42. The fraction of sp³-hybridized carbons (Fsp3) is 0.222. The van der Waals surface area contributed by atoms with E-state index in [4.69, 9.17) is 11.6 Å². The zero-order valence-corrected chi connectivity index (χ0v) is 10.8. The van der Waals surface area contributed by atoms with Crippen LogP contribution in [0, 0.1) is 0 Å². The van der Waals surface area contributed by atoms with Crippen molar-refractivity contribution in [3.05, 3.63) is 28.8 Å². The molecule has 0 aromatic heterocycles. The van der Waals surface area contributed by atoms with E-state index in [2.05, 4.69) is 27.0 Å². The van der Waals surface area contributed by atoms with Crippen molar-refractivity contribution >= 4 is 39.2 Å². The van der Waals surface area contributed by atoms with Crippen molar-refractivity contribution in [2.45, 2.75) is 5.33 Å². The molecule has 0 aliphatic carbocycles. The minimum absolute atomic E-state index is 0.190. The molecule has 86 valence electrons. The maximum atomic E-state index is 11.8. The average Bonchev–Trinajstić information content (AvgIpc) is 2.59. The van der Waals surface area contributed by atoms with E-state index in [0.29, 0.717) is 10.4 Å². The maximum Gasteiger partial charge on any atom is 0.355 e. The molecule has 1 saturated heterocycles. The van der Waals surface area contributed by atoms with Crippen LogP contribution in [0.15, 0.2) is 18.2 Å². The lowest BCUT2D eigenvalue weighted by Crippen LogP contribution is -2.38. The highest BCUT2D eigenvalue weighted by Gasteiger charge is 2.28. The van der Waals surface area contributed by atoms with Crippen LogP contribution in [0.25, 0.3) is 0 Å². The Morgan fingerprint density at radius 3 is 2.75 bits per heavy atom. The van der Waals surface area contributed by atoms with Gasteiger partial charge in [-0.15, -0.1) is 11.1 Å². The molecule has 1 heterocycles. The van der Waals surface area contributed by atoms with Crippen molar-refractivity contribution in [3.8, 4) is 0 Å². The third-order valence-corrected chi connectivity index (χ3v) is 3.19. The molecule has 0 atom stereocenters. The van der Waals surface area contributed by atoms with Crippen LogP contribution in [0.5, 0.6) is 0 Å². The predicted molar refractivity (Wildman–Crippen MR) is 66.0 cm³/mol. The number of carbonyl (C=O) groups excluding carboxylic acids is 1. The number of alkyl halides is 1. The fourth-order valence-corrected chi connectivity index (χ4v) is 2.41. The van der Waals surface area contributed by atoms with Crippen LogP contribution in [-0.4, -0.2) is 18.1 Å². The minimum atomic E-state index is -0.190. The molecule has 2 amide bonds. The Bertz CT molecular complexity index is 428. The molecule has 1 aliphatic heterocycles. The summed E-state index contributed by atoms with van der Waals surface area (Å²) in [5, 5.41) is 3.96. The topological polar surface area (TPSA) is 47.6 Å². The number of benzene rings is 1. The van der Waals surface area contributed by atoms with E-state index in [1.165, 1.54) is 10.0 Å². The van der Waals surface area contributed by atoms with Gasteiger partial charge in [0.25, 0.3) is 0 Å². The molecule has 0 radical (unpaired) electrons. The first-order chi connectivity index (χ1) is 7.65. The van der Waals surface area contributed by atoms with Crippen LogP contribution in [0.1, 0.15) is 5.56 Å². The van der Waals surface area contributed by atoms with E-state index in [0.717, 1.165) is 11.3 Å². The monoisotopic (exact) mass is 304 g/mol. The van der Waals surface area contributed by atoms with Gasteiger partial charge in [-0.2, -0.15) is 0 Å². The molecule has 1 aromatic rings. The van der Waals surface area contributed by atoms with Crippen LogP contribution < -0.4 is 16.1 Å². The highest BCUT2D eigenvalue weighted by molar-refractivity contribution is 9.08. The van der Waals surface area contributed by atoms with Gasteiger partial charge in [-0.25, -0.2) is 14.8 Å². The molecule has 0 saturated carbocycles. The number of anilines is 1. The van der Waals surface area contributed by atoms with Crippen molar-refractivity contribution in [2.75, 3.05) is 12.1 Å². The molecule has 5 nitrogen and oxygen atoms in total. The molecule has 16 heavy (non-hydrogen) atoms. The van der Waals surface area contributed by atoms with Crippen molar-refractivity contribution in [1.82, 2.24) is 16.1 Å². The normalized spacial score (nSPS) is 16.1. The summed E-state index contributed by atoms with van der Waals surface area (Å²) in [5.74, 6) is 0. The first-order valence-corrected chi connectivity index (χ1v) is 6.07. The van der Waals surface area contributed by atoms with Gasteiger partial charge in [0, 0.05) is 23.0 Å². The second-order valence-electron chi connectivity index (χ2n) is 3.27. The molecule has 7 heteroatoms. The summed E-state index contributed by atoms with van der Waals surface area (Å²) in [5.41, 5.74) is 7.04. The van der Waals surface area contributed by atoms with Gasteiger partial charge < -0.3 is 0 Å². The Balaban J connectivity index is 2.41. The number of hydrogen-bond donors (Lipinski definition) is 2. The van der Waals surface area contributed by atoms with Gasteiger partial charge in [-0.05, 0) is 12.1 Å². The molecular weight excluding hydrogens is 295 g/mol. The largest absolute Gasteiger partial charge is 0.355 e. The Morgan fingerprint density at radius 2 is 2.19 bits per heavy atom. The lowest BCUT2D eigenvalue weighted by molar-refractivity contribution is 0.214. The molecule has 0 spiro atoms.